The van der Waals surface area contributed by atoms with E-state index in [9.17, 15) is 9.59 Å². The van der Waals surface area contributed by atoms with Crippen LogP contribution < -0.4 is 0 Å². The van der Waals surface area contributed by atoms with Gasteiger partial charge in [-0.2, -0.15) is 0 Å². The van der Waals surface area contributed by atoms with E-state index in [1.807, 2.05) is 43.3 Å². The van der Waals surface area contributed by atoms with Crippen LogP contribution in [0.25, 0.3) is 0 Å². The summed E-state index contributed by atoms with van der Waals surface area (Å²) < 4.78 is 5.50. The Morgan fingerprint density at radius 1 is 1.00 bits per heavy atom. The summed E-state index contributed by atoms with van der Waals surface area (Å²) in [6.07, 6.45) is 0.195. The molecule has 0 radical (unpaired) electrons. The highest BCUT2D eigenvalue weighted by Crippen LogP contribution is 2.43. The number of rotatable bonds is 1. The van der Waals surface area contributed by atoms with Gasteiger partial charge >= 0.3 is 5.97 Å². The number of cyclic esters (lactones) is 1. The topological polar surface area (TPSA) is 43.4 Å². The molecule has 1 aliphatic heterocycles. The number of benzene rings is 2. The monoisotopic (exact) mass is 278 g/mol. The predicted molar refractivity (Wildman–Crippen MR) is 77.3 cm³/mol. The zero-order chi connectivity index (χ0) is 14.6. The van der Waals surface area contributed by atoms with Gasteiger partial charge in [0, 0.05) is 11.1 Å². The van der Waals surface area contributed by atoms with Crippen molar-refractivity contribution in [3.8, 4) is 0 Å². The third kappa shape index (κ3) is 1.67. The maximum atomic E-state index is 12.7. The lowest BCUT2D eigenvalue weighted by Crippen LogP contribution is -2.19. The van der Waals surface area contributed by atoms with Crippen LogP contribution in [-0.2, 0) is 11.2 Å². The molecule has 0 bridgehead atoms. The van der Waals surface area contributed by atoms with Crippen LogP contribution in [0.15, 0.2) is 42.5 Å². The number of ether oxygens (including phenoxy) is 1. The molecule has 4 rings (SSSR count). The summed E-state index contributed by atoms with van der Waals surface area (Å²) in [4.78, 5) is 24.6. The highest BCUT2D eigenvalue weighted by atomic mass is 16.5. The molecule has 0 aromatic heterocycles. The number of carbonyl (C=O) groups excluding carboxylic acids is 2. The Bertz CT molecular complexity index is 776. The summed E-state index contributed by atoms with van der Waals surface area (Å²) >= 11 is 0. The molecular formula is C18H14O3. The third-order valence-electron chi connectivity index (χ3n) is 4.52. The van der Waals surface area contributed by atoms with Crippen LogP contribution in [0, 0.1) is 12.8 Å². The fourth-order valence-electron chi connectivity index (χ4n) is 3.43. The number of esters is 1. The average molecular weight is 278 g/mol. The zero-order valence-electron chi connectivity index (χ0n) is 11.6. The van der Waals surface area contributed by atoms with Crippen molar-refractivity contribution in [2.24, 2.45) is 5.92 Å². The lowest BCUT2D eigenvalue weighted by Gasteiger charge is -2.16. The molecular weight excluding hydrogens is 264 g/mol. The Morgan fingerprint density at radius 2 is 1.76 bits per heavy atom. The van der Waals surface area contributed by atoms with Crippen molar-refractivity contribution in [2.75, 3.05) is 0 Å². The van der Waals surface area contributed by atoms with Crippen molar-refractivity contribution >= 4 is 11.8 Å². The molecule has 0 fully saturated rings. The SMILES string of the molecule is Cc1cccc2c1C[C@@H]([C@H]1OC(=O)c3ccccc31)C2=O. The number of fused-ring (bicyclic) bond motifs is 2. The van der Waals surface area contributed by atoms with Gasteiger partial charge in [-0.3, -0.25) is 4.79 Å². The second kappa shape index (κ2) is 4.29. The highest BCUT2D eigenvalue weighted by Gasteiger charge is 2.44. The zero-order valence-corrected chi connectivity index (χ0v) is 11.6. The summed E-state index contributed by atoms with van der Waals surface area (Å²) in [6, 6.07) is 13.1. The molecule has 2 atom stereocenters. The molecule has 3 nitrogen and oxygen atoms in total. The molecule has 2 aliphatic rings. The number of ketones is 1. The lowest BCUT2D eigenvalue weighted by atomic mass is 9.91. The van der Waals surface area contributed by atoms with Crippen LogP contribution in [0.1, 0.15) is 43.5 Å². The third-order valence-corrected chi connectivity index (χ3v) is 4.52. The van der Waals surface area contributed by atoms with Gasteiger partial charge in [0.25, 0.3) is 0 Å². The van der Waals surface area contributed by atoms with E-state index in [0.717, 1.165) is 22.3 Å². The van der Waals surface area contributed by atoms with Crippen molar-refractivity contribution in [3.05, 3.63) is 70.3 Å². The quantitative estimate of drug-likeness (QED) is 0.752. The first-order chi connectivity index (χ1) is 10.2. The smallest absolute Gasteiger partial charge is 0.339 e. The van der Waals surface area contributed by atoms with E-state index in [2.05, 4.69) is 0 Å². The minimum Gasteiger partial charge on any atom is -0.453 e. The number of carbonyl (C=O) groups is 2. The van der Waals surface area contributed by atoms with Crippen LogP contribution >= 0.6 is 0 Å². The highest BCUT2D eigenvalue weighted by molar-refractivity contribution is 6.04. The molecule has 0 saturated carbocycles. The second-order valence-corrected chi connectivity index (χ2v) is 5.69. The van der Waals surface area contributed by atoms with Crippen molar-refractivity contribution in [1.82, 2.24) is 0 Å². The van der Waals surface area contributed by atoms with E-state index in [1.54, 1.807) is 6.07 Å². The maximum Gasteiger partial charge on any atom is 0.339 e. The van der Waals surface area contributed by atoms with Crippen LogP contribution in [0.3, 0.4) is 0 Å². The predicted octanol–water partition coefficient (Wildman–Crippen LogP) is 3.26. The summed E-state index contributed by atoms with van der Waals surface area (Å²) in [5, 5.41) is 0. The molecule has 1 aliphatic carbocycles. The number of hydrogen-bond acceptors (Lipinski definition) is 3. The van der Waals surface area contributed by atoms with Gasteiger partial charge in [0.15, 0.2) is 5.78 Å². The Kier molecular flexibility index (Phi) is 2.52. The average Bonchev–Trinajstić information content (AvgIpc) is 3.00. The van der Waals surface area contributed by atoms with Gasteiger partial charge in [-0.25, -0.2) is 4.79 Å². The first-order valence-corrected chi connectivity index (χ1v) is 7.09. The van der Waals surface area contributed by atoms with Crippen molar-refractivity contribution < 1.29 is 14.3 Å². The van der Waals surface area contributed by atoms with Gasteiger partial charge in [0.2, 0.25) is 0 Å². The largest absolute Gasteiger partial charge is 0.453 e. The van der Waals surface area contributed by atoms with E-state index in [4.69, 9.17) is 4.74 Å². The molecule has 0 N–H and O–H groups in total. The minimum atomic E-state index is -0.451. The normalized spacial score (nSPS) is 22.9. The first kappa shape index (κ1) is 12.3. The summed E-state index contributed by atoms with van der Waals surface area (Å²) in [5.74, 6) is -0.534. The van der Waals surface area contributed by atoms with Crippen molar-refractivity contribution in [3.63, 3.8) is 0 Å². The molecule has 0 amide bonds. The Labute approximate surface area is 122 Å². The Morgan fingerprint density at radius 3 is 2.57 bits per heavy atom. The van der Waals surface area contributed by atoms with Crippen LogP contribution in [-0.4, -0.2) is 11.8 Å². The first-order valence-electron chi connectivity index (χ1n) is 7.09. The fourth-order valence-corrected chi connectivity index (χ4v) is 3.43. The minimum absolute atomic E-state index is 0.0863. The van der Waals surface area contributed by atoms with E-state index >= 15 is 0 Å². The molecule has 0 spiro atoms. The molecule has 0 saturated heterocycles. The van der Waals surface area contributed by atoms with Gasteiger partial charge < -0.3 is 4.74 Å². The molecule has 21 heavy (non-hydrogen) atoms. The molecule has 3 heteroatoms. The Hall–Kier alpha value is -2.42. The molecule has 0 unspecified atom stereocenters. The number of aryl methyl sites for hydroxylation is 1. The van der Waals surface area contributed by atoms with E-state index in [0.29, 0.717) is 12.0 Å². The summed E-state index contributed by atoms with van der Waals surface area (Å²) in [7, 11) is 0. The van der Waals surface area contributed by atoms with Crippen LogP contribution in [0.4, 0.5) is 0 Å². The number of hydrogen-bond donors (Lipinski definition) is 0. The van der Waals surface area contributed by atoms with E-state index < -0.39 is 6.10 Å². The van der Waals surface area contributed by atoms with Gasteiger partial charge in [-0.15, -0.1) is 0 Å². The summed E-state index contributed by atoms with van der Waals surface area (Å²) in [6.45, 7) is 2.02. The van der Waals surface area contributed by atoms with Gasteiger partial charge in [-0.05, 0) is 30.5 Å². The molecule has 2 aromatic carbocycles. The fraction of sp³-hybridized carbons (Fsp3) is 0.222. The van der Waals surface area contributed by atoms with Gasteiger partial charge in [-0.1, -0.05) is 36.4 Å². The van der Waals surface area contributed by atoms with Gasteiger partial charge in [0.1, 0.15) is 6.10 Å². The van der Waals surface area contributed by atoms with Crippen LogP contribution in [0.5, 0.6) is 0 Å². The Balaban J connectivity index is 1.76. The van der Waals surface area contributed by atoms with E-state index in [1.165, 1.54) is 0 Å². The maximum absolute atomic E-state index is 12.7. The number of Topliss-reactive ketones (excluding diaryl/α,β-unsaturated/α-hetero) is 1. The standard InChI is InChI=1S/C18H14O3/c1-10-5-4-8-11-14(10)9-15(16(11)19)17-12-6-2-3-7-13(12)18(20)21-17/h2-8,15,17H,9H2,1H3/t15-,17+/m1/s1. The summed E-state index contributed by atoms with van der Waals surface area (Å²) in [5.41, 5.74) is 4.42. The molecule has 2 aromatic rings. The van der Waals surface area contributed by atoms with Crippen LogP contribution in [0.2, 0.25) is 0 Å². The van der Waals surface area contributed by atoms with Gasteiger partial charge in [0.05, 0.1) is 11.5 Å². The lowest BCUT2D eigenvalue weighted by molar-refractivity contribution is 0.0252. The van der Waals surface area contributed by atoms with Crippen molar-refractivity contribution in [1.29, 1.82) is 0 Å². The van der Waals surface area contributed by atoms with E-state index in [-0.39, 0.29) is 17.7 Å². The van der Waals surface area contributed by atoms with Crippen molar-refractivity contribution in [2.45, 2.75) is 19.4 Å². The molecule has 104 valence electrons. The molecule has 1 heterocycles. The second-order valence-electron chi connectivity index (χ2n) is 5.69.